The van der Waals surface area contributed by atoms with Crippen LogP contribution >= 0.6 is 0 Å². The van der Waals surface area contributed by atoms with Gasteiger partial charge in [0.1, 0.15) is 5.82 Å². The number of hydrogen-bond donors (Lipinski definition) is 2. The predicted octanol–water partition coefficient (Wildman–Crippen LogP) is 2.99. The largest absolute Gasteiger partial charge is 0.399 e. The van der Waals surface area contributed by atoms with Gasteiger partial charge in [-0.3, -0.25) is 9.69 Å². The minimum atomic E-state index is -1.48. The van der Waals surface area contributed by atoms with E-state index in [0.29, 0.717) is 47.8 Å². The molecule has 2 heterocycles. The van der Waals surface area contributed by atoms with Crippen LogP contribution in [-0.4, -0.2) is 21.4 Å². The topological polar surface area (TPSA) is 75.0 Å². The third kappa shape index (κ3) is 3.50. The summed E-state index contributed by atoms with van der Waals surface area (Å²) in [4.78, 5) is 21.7. The van der Waals surface area contributed by atoms with Gasteiger partial charge in [-0.25, -0.2) is 18.2 Å². The molecule has 3 aromatic rings. The van der Waals surface area contributed by atoms with Crippen molar-refractivity contribution in [1.29, 1.82) is 0 Å². The summed E-state index contributed by atoms with van der Waals surface area (Å²) in [6, 6.07) is 8.95. The average Bonchev–Trinajstić information content (AvgIpc) is 2.66. The van der Waals surface area contributed by atoms with Crippen molar-refractivity contribution < 1.29 is 13.2 Å². The molecule has 0 atom stereocenters. The van der Waals surface area contributed by atoms with Crippen LogP contribution in [-0.2, 0) is 19.5 Å². The quantitative estimate of drug-likeness (QED) is 0.536. The van der Waals surface area contributed by atoms with Crippen molar-refractivity contribution in [1.82, 2.24) is 14.9 Å². The lowest BCUT2D eigenvalue weighted by atomic mass is 10.0. The van der Waals surface area contributed by atoms with Crippen LogP contribution in [0.2, 0.25) is 0 Å². The van der Waals surface area contributed by atoms with Crippen LogP contribution in [0, 0.1) is 17.5 Å². The second-order valence-electron chi connectivity index (χ2n) is 6.80. The Morgan fingerprint density at radius 2 is 1.79 bits per heavy atom. The van der Waals surface area contributed by atoms with Gasteiger partial charge in [0.15, 0.2) is 17.5 Å². The van der Waals surface area contributed by atoms with Crippen molar-refractivity contribution in [3.8, 4) is 11.4 Å². The van der Waals surface area contributed by atoms with E-state index in [2.05, 4.69) is 9.97 Å². The molecule has 2 aromatic carbocycles. The van der Waals surface area contributed by atoms with E-state index in [1.54, 1.807) is 24.3 Å². The third-order valence-corrected chi connectivity index (χ3v) is 4.79. The van der Waals surface area contributed by atoms with E-state index in [4.69, 9.17) is 5.73 Å². The maximum Gasteiger partial charge on any atom is 0.254 e. The third-order valence-electron chi connectivity index (χ3n) is 4.79. The highest BCUT2D eigenvalue weighted by atomic mass is 19.2. The first-order valence-corrected chi connectivity index (χ1v) is 8.74. The van der Waals surface area contributed by atoms with Crippen molar-refractivity contribution in [3.63, 3.8) is 0 Å². The van der Waals surface area contributed by atoms with Crippen molar-refractivity contribution in [2.45, 2.75) is 19.5 Å². The van der Waals surface area contributed by atoms with Crippen LogP contribution in [0.25, 0.3) is 11.4 Å². The normalized spacial score (nSPS) is 14.1. The summed E-state index contributed by atoms with van der Waals surface area (Å²) in [5, 5.41) is 0. The molecule has 0 spiro atoms. The summed E-state index contributed by atoms with van der Waals surface area (Å²) >= 11 is 0. The van der Waals surface area contributed by atoms with Gasteiger partial charge in [-0.05, 0) is 48.4 Å². The predicted molar refractivity (Wildman–Crippen MR) is 98.8 cm³/mol. The Morgan fingerprint density at radius 1 is 1.11 bits per heavy atom. The fraction of sp³-hybridized carbons (Fsp3) is 0.200. The molecule has 0 aliphatic carbocycles. The number of halogens is 3. The van der Waals surface area contributed by atoms with Crippen LogP contribution in [0.5, 0.6) is 0 Å². The number of rotatable bonds is 3. The van der Waals surface area contributed by atoms with E-state index in [1.807, 2.05) is 4.90 Å². The molecule has 1 aromatic heterocycles. The maximum atomic E-state index is 13.5. The van der Waals surface area contributed by atoms with Gasteiger partial charge >= 0.3 is 0 Å². The lowest BCUT2D eigenvalue weighted by Gasteiger charge is -2.27. The van der Waals surface area contributed by atoms with Crippen LogP contribution in [0.15, 0.2) is 41.2 Å². The Bertz CT molecular complexity index is 1070. The number of fused-ring (bicyclic) bond motifs is 1. The molecular formula is C20H17F3N4O. The highest BCUT2D eigenvalue weighted by molar-refractivity contribution is 5.58. The van der Waals surface area contributed by atoms with Crippen molar-refractivity contribution >= 4 is 5.69 Å². The van der Waals surface area contributed by atoms with Crippen molar-refractivity contribution in [3.05, 3.63) is 81.0 Å². The Kier molecular flexibility index (Phi) is 4.64. The van der Waals surface area contributed by atoms with Crippen molar-refractivity contribution in [2.75, 3.05) is 12.3 Å². The zero-order chi connectivity index (χ0) is 19.8. The maximum absolute atomic E-state index is 13.5. The molecule has 8 heteroatoms. The monoisotopic (exact) mass is 386 g/mol. The van der Waals surface area contributed by atoms with E-state index >= 15 is 0 Å². The number of nitrogens with zero attached hydrogens (tertiary/aromatic N) is 2. The fourth-order valence-electron chi connectivity index (χ4n) is 3.36. The molecular weight excluding hydrogens is 369 g/mol. The standard InChI is InChI=1S/C20H17F3N4O/c21-15-7-11(8-16(22)18(15)23)9-27-6-5-14-17(10-27)25-19(26-20(14)28)12-1-3-13(24)4-2-12/h1-4,7-8H,5-6,9-10,24H2,(H,25,26,28). The van der Waals surface area contributed by atoms with E-state index in [1.165, 1.54) is 0 Å². The molecule has 5 nitrogen and oxygen atoms in total. The molecule has 0 fully saturated rings. The second-order valence-corrected chi connectivity index (χ2v) is 6.80. The van der Waals surface area contributed by atoms with Crippen LogP contribution in [0.4, 0.5) is 18.9 Å². The van der Waals surface area contributed by atoms with Gasteiger partial charge in [-0.15, -0.1) is 0 Å². The van der Waals surface area contributed by atoms with Gasteiger partial charge in [0.25, 0.3) is 5.56 Å². The first-order chi connectivity index (χ1) is 13.4. The fourth-order valence-corrected chi connectivity index (χ4v) is 3.36. The summed E-state index contributed by atoms with van der Waals surface area (Å²) in [7, 11) is 0. The number of nitrogens with two attached hydrogens (primary N) is 1. The molecule has 1 aliphatic heterocycles. The molecule has 0 amide bonds. The Balaban J connectivity index is 1.61. The summed E-state index contributed by atoms with van der Waals surface area (Å²) in [6.45, 7) is 1.10. The van der Waals surface area contributed by atoms with Crippen LogP contribution in [0.1, 0.15) is 16.8 Å². The number of aromatic amines is 1. The van der Waals surface area contributed by atoms with E-state index in [-0.39, 0.29) is 12.1 Å². The summed E-state index contributed by atoms with van der Waals surface area (Å²) in [5.74, 6) is -3.47. The van der Waals surface area contributed by atoms with Gasteiger partial charge in [0.05, 0.1) is 5.69 Å². The number of hydrogen-bond acceptors (Lipinski definition) is 4. The minimum absolute atomic E-state index is 0.199. The van der Waals surface area contributed by atoms with Crippen LogP contribution < -0.4 is 11.3 Å². The molecule has 0 radical (unpaired) electrons. The number of anilines is 1. The molecule has 4 rings (SSSR count). The zero-order valence-corrected chi connectivity index (χ0v) is 14.8. The molecule has 1 aliphatic rings. The van der Waals surface area contributed by atoms with E-state index in [9.17, 15) is 18.0 Å². The van der Waals surface area contributed by atoms with Gasteiger partial charge in [-0.1, -0.05) is 0 Å². The van der Waals surface area contributed by atoms with E-state index in [0.717, 1.165) is 17.7 Å². The lowest BCUT2D eigenvalue weighted by molar-refractivity contribution is 0.239. The minimum Gasteiger partial charge on any atom is -0.399 e. The van der Waals surface area contributed by atoms with E-state index < -0.39 is 17.5 Å². The molecule has 0 saturated heterocycles. The van der Waals surface area contributed by atoms with Gasteiger partial charge in [0.2, 0.25) is 0 Å². The summed E-state index contributed by atoms with van der Waals surface area (Å²) < 4.78 is 40.1. The smallest absolute Gasteiger partial charge is 0.254 e. The highest BCUT2D eigenvalue weighted by Crippen LogP contribution is 2.22. The molecule has 0 unspecified atom stereocenters. The number of aromatic nitrogens is 2. The molecule has 3 N–H and O–H groups in total. The second kappa shape index (κ2) is 7.12. The summed E-state index contributed by atoms with van der Waals surface area (Å²) in [5.41, 5.74) is 8.37. The Labute approximate surface area is 158 Å². The molecule has 144 valence electrons. The number of nitrogen functional groups attached to an aromatic ring is 1. The van der Waals surface area contributed by atoms with Gasteiger partial charge in [0, 0.05) is 36.4 Å². The van der Waals surface area contributed by atoms with Crippen LogP contribution in [0.3, 0.4) is 0 Å². The lowest BCUT2D eigenvalue weighted by Crippen LogP contribution is -2.35. The number of nitrogens with one attached hydrogen (secondary N) is 1. The van der Waals surface area contributed by atoms with Gasteiger partial charge in [-0.2, -0.15) is 0 Å². The molecule has 0 saturated carbocycles. The number of benzene rings is 2. The Morgan fingerprint density at radius 3 is 2.46 bits per heavy atom. The first-order valence-electron chi connectivity index (χ1n) is 8.74. The zero-order valence-electron chi connectivity index (χ0n) is 14.8. The molecule has 28 heavy (non-hydrogen) atoms. The SMILES string of the molecule is Nc1ccc(-c2nc3c(c(=O)[nH]2)CCN(Cc2cc(F)c(F)c(F)c2)C3)cc1. The molecule has 0 bridgehead atoms. The average molecular weight is 386 g/mol. The first kappa shape index (κ1) is 18.2. The van der Waals surface area contributed by atoms with Gasteiger partial charge < -0.3 is 10.7 Å². The van der Waals surface area contributed by atoms with Crippen molar-refractivity contribution in [2.24, 2.45) is 0 Å². The Hall–Kier alpha value is -3.13. The number of H-pyrrole nitrogens is 1. The highest BCUT2D eigenvalue weighted by Gasteiger charge is 2.22. The summed E-state index contributed by atoms with van der Waals surface area (Å²) in [6.07, 6.45) is 0.464.